The minimum atomic E-state index is -0.583. The third kappa shape index (κ3) is 9.29. The first-order chi connectivity index (χ1) is 1.41. The topological polar surface area (TPSA) is 0 Å². The fourth-order valence-corrected chi connectivity index (χ4v) is 0. The molecule has 0 heterocycles. The molecule has 0 N–H and O–H groups in total. The van der Waals surface area contributed by atoms with Gasteiger partial charge < -0.3 is 0 Å². The molecule has 0 aromatic rings. The zero-order valence-corrected chi connectivity index (χ0v) is 6.79. The normalized spacial score (nSPS) is 3.00. The Morgan fingerprint density at radius 3 is 1.25 bits per heavy atom. The molecule has 0 spiro atoms. The van der Waals surface area contributed by atoms with Crippen LogP contribution in [0.25, 0.3) is 0 Å². The van der Waals surface area contributed by atoms with Crippen molar-refractivity contribution in [1.82, 2.24) is 0 Å². The predicted molar refractivity (Wildman–Crippen MR) is 20.9 cm³/mol. The molecular formula is LiS2W. The van der Waals surface area contributed by atoms with E-state index in [1.165, 1.54) is 0 Å². The standard InChI is InChI=1S/Li.2S.W. The van der Waals surface area contributed by atoms with Gasteiger partial charge in [0.2, 0.25) is 0 Å². The average Bonchev–Trinajstić information content (AvgIpc) is 0.918. The number of hydrogen-bond donors (Lipinski definition) is 0. The van der Waals surface area contributed by atoms with Gasteiger partial charge in [0.05, 0.1) is 0 Å². The van der Waals surface area contributed by atoms with Gasteiger partial charge in [-0.15, -0.1) is 0 Å². The van der Waals surface area contributed by atoms with Crippen molar-refractivity contribution >= 4 is 38.5 Å². The van der Waals surface area contributed by atoms with E-state index in [0.717, 1.165) is 0 Å². The Bertz CT molecular complexity index is 27.0. The molecule has 0 bridgehead atoms. The van der Waals surface area contributed by atoms with Crippen LogP contribution in [-0.2, 0) is 14.9 Å². The van der Waals surface area contributed by atoms with E-state index in [9.17, 15) is 0 Å². The fourth-order valence-electron chi connectivity index (χ4n) is 0. The minimum absolute atomic E-state index is 0. The van der Waals surface area contributed by atoms with Gasteiger partial charge in [0.15, 0.2) is 0 Å². The van der Waals surface area contributed by atoms with Crippen LogP contribution in [-0.4, -0.2) is 18.9 Å². The quantitative estimate of drug-likeness (QED) is 0.590. The number of hydrogen-bond acceptors (Lipinski definition) is 2. The van der Waals surface area contributed by atoms with E-state index in [0.29, 0.717) is 0 Å². The molecule has 19 valence electrons. The van der Waals surface area contributed by atoms with Gasteiger partial charge in [-0.25, -0.2) is 0 Å². The molecule has 0 unspecified atom stereocenters. The van der Waals surface area contributed by atoms with Crippen molar-refractivity contribution in [3.63, 3.8) is 0 Å². The van der Waals surface area contributed by atoms with Crippen molar-refractivity contribution < 1.29 is 14.9 Å². The average molecular weight is 255 g/mol. The van der Waals surface area contributed by atoms with E-state index in [-0.39, 0.29) is 18.9 Å². The van der Waals surface area contributed by atoms with Gasteiger partial charge >= 0.3 is 34.6 Å². The summed E-state index contributed by atoms with van der Waals surface area (Å²) in [5.41, 5.74) is 0. The van der Waals surface area contributed by atoms with Crippen LogP contribution in [0.5, 0.6) is 0 Å². The first-order valence-electron chi connectivity index (χ1n) is 0.333. The summed E-state index contributed by atoms with van der Waals surface area (Å²) in [6.45, 7) is 0. The van der Waals surface area contributed by atoms with Gasteiger partial charge in [0.1, 0.15) is 0 Å². The predicted octanol–water partition coefficient (Wildman–Crippen LogP) is 0.913. The zero-order chi connectivity index (χ0) is 2.71. The van der Waals surface area contributed by atoms with E-state index in [2.05, 4.69) is 19.6 Å². The second-order valence-electron chi connectivity index (χ2n) is 0.0680. The molecule has 0 nitrogen and oxygen atoms in total. The molecule has 0 fully saturated rings. The van der Waals surface area contributed by atoms with E-state index in [4.69, 9.17) is 0 Å². The van der Waals surface area contributed by atoms with Crippen LogP contribution >= 0.6 is 19.6 Å². The van der Waals surface area contributed by atoms with Crippen LogP contribution in [0.4, 0.5) is 0 Å². The molecule has 1 radical (unpaired) electrons. The first-order valence-corrected chi connectivity index (χ1v) is 8.19. The maximum absolute atomic E-state index is 4.38. The summed E-state index contributed by atoms with van der Waals surface area (Å²) in [5, 5.41) is 0. The van der Waals surface area contributed by atoms with Crippen LogP contribution < -0.4 is 0 Å². The van der Waals surface area contributed by atoms with Gasteiger partial charge in [-0.05, 0) is 0 Å². The van der Waals surface area contributed by atoms with E-state index < -0.39 is 14.9 Å². The van der Waals surface area contributed by atoms with Crippen LogP contribution in [0.15, 0.2) is 0 Å². The maximum atomic E-state index is 4.38. The van der Waals surface area contributed by atoms with Crippen LogP contribution in [0.1, 0.15) is 0 Å². The second-order valence-corrected chi connectivity index (χ2v) is 5.01. The summed E-state index contributed by atoms with van der Waals surface area (Å²) in [4.78, 5) is 0. The molecule has 0 saturated heterocycles. The Hall–Kier alpha value is 1.73. The Morgan fingerprint density at radius 2 is 1.25 bits per heavy atom. The summed E-state index contributed by atoms with van der Waals surface area (Å²) in [6, 6.07) is 0. The van der Waals surface area contributed by atoms with Gasteiger partial charge in [-0.3, -0.25) is 0 Å². The van der Waals surface area contributed by atoms with Crippen molar-refractivity contribution in [3.05, 3.63) is 0 Å². The molecule has 4 heavy (non-hydrogen) atoms. The van der Waals surface area contributed by atoms with E-state index >= 15 is 0 Å². The van der Waals surface area contributed by atoms with Crippen molar-refractivity contribution in [2.45, 2.75) is 0 Å². The molecule has 0 aliphatic carbocycles. The summed E-state index contributed by atoms with van der Waals surface area (Å²) in [7, 11) is 8.75. The summed E-state index contributed by atoms with van der Waals surface area (Å²) in [6.07, 6.45) is 0. The second kappa shape index (κ2) is 8.83. The molecule has 0 aromatic carbocycles. The monoisotopic (exact) mass is 255 g/mol. The van der Waals surface area contributed by atoms with Crippen molar-refractivity contribution in [1.29, 1.82) is 0 Å². The summed E-state index contributed by atoms with van der Waals surface area (Å²) in [5.74, 6) is 0. The molecule has 0 aromatic heterocycles. The zero-order valence-electron chi connectivity index (χ0n) is 2.22. The molecular weight excluding hydrogens is 255 g/mol. The molecule has 0 saturated carbocycles. The Kier molecular flexibility index (Phi) is 20.3. The number of rotatable bonds is 0. The van der Waals surface area contributed by atoms with Crippen LogP contribution in [0.3, 0.4) is 0 Å². The molecule has 0 amide bonds. The van der Waals surface area contributed by atoms with Gasteiger partial charge in [0.25, 0.3) is 0 Å². The van der Waals surface area contributed by atoms with Crippen molar-refractivity contribution in [2.24, 2.45) is 0 Å². The molecule has 0 aliphatic rings. The Balaban J connectivity index is 0. The van der Waals surface area contributed by atoms with Crippen molar-refractivity contribution in [3.8, 4) is 0 Å². The van der Waals surface area contributed by atoms with Crippen LogP contribution in [0.2, 0.25) is 0 Å². The Morgan fingerprint density at radius 1 is 1.25 bits per heavy atom. The van der Waals surface area contributed by atoms with Gasteiger partial charge in [-0.2, -0.15) is 0 Å². The third-order valence-corrected chi connectivity index (χ3v) is 0. The first kappa shape index (κ1) is 9.21. The van der Waals surface area contributed by atoms with E-state index in [1.807, 2.05) is 0 Å². The fraction of sp³-hybridized carbons (Fsp3) is 0. The van der Waals surface area contributed by atoms with Gasteiger partial charge in [-0.1, -0.05) is 0 Å². The van der Waals surface area contributed by atoms with Gasteiger partial charge in [0, 0.05) is 18.9 Å². The van der Waals surface area contributed by atoms with Crippen LogP contribution in [0, 0.1) is 0 Å². The SMILES string of the molecule is [Li].[S]=[W]=[S]. The summed E-state index contributed by atoms with van der Waals surface area (Å²) >= 11 is -0.583. The third-order valence-electron chi connectivity index (χ3n) is 0. The van der Waals surface area contributed by atoms with E-state index in [1.54, 1.807) is 0 Å². The molecule has 0 aliphatic heterocycles. The molecule has 0 rings (SSSR count). The summed E-state index contributed by atoms with van der Waals surface area (Å²) < 4.78 is 0. The molecule has 4 heteroatoms. The Labute approximate surface area is 52.9 Å². The molecule has 0 atom stereocenters. The van der Waals surface area contributed by atoms with Crippen molar-refractivity contribution in [2.75, 3.05) is 0 Å².